The molecule has 26 heavy (non-hydrogen) atoms. The Hall–Kier alpha value is -1.76. The Morgan fingerprint density at radius 1 is 1.19 bits per heavy atom. The highest BCUT2D eigenvalue weighted by molar-refractivity contribution is 7.16. The molecule has 7 heteroatoms. The van der Waals surface area contributed by atoms with Crippen LogP contribution in [0.5, 0.6) is 5.75 Å². The van der Waals surface area contributed by atoms with Crippen LogP contribution in [0, 0.1) is 13.8 Å². The molecule has 0 N–H and O–H groups in total. The summed E-state index contributed by atoms with van der Waals surface area (Å²) < 4.78 is 5.87. The maximum Gasteiger partial charge on any atom is 0.182 e. The minimum Gasteiger partial charge on any atom is -0.480 e. The molecule has 0 aliphatic heterocycles. The van der Waals surface area contributed by atoms with Crippen molar-refractivity contribution in [2.24, 2.45) is 0 Å². The van der Waals surface area contributed by atoms with Gasteiger partial charge in [0.25, 0.3) is 0 Å². The standard InChI is InChI=1S/C19H19ClN2O2S2/c1-11-18(26-12(2)21-11)15-10-25-17(22-15)9-16(23)19(3,4)24-14-7-5-13(20)6-8-14/h5-8,10H,9H2,1-4H3. The summed E-state index contributed by atoms with van der Waals surface area (Å²) in [5.74, 6) is 0.592. The van der Waals surface area contributed by atoms with Gasteiger partial charge in [-0.2, -0.15) is 0 Å². The summed E-state index contributed by atoms with van der Waals surface area (Å²) in [6.45, 7) is 7.50. The van der Waals surface area contributed by atoms with Crippen molar-refractivity contribution in [3.8, 4) is 16.3 Å². The first-order chi connectivity index (χ1) is 12.2. The lowest BCUT2D eigenvalue weighted by molar-refractivity contribution is -0.131. The van der Waals surface area contributed by atoms with Crippen molar-refractivity contribution in [2.45, 2.75) is 39.7 Å². The number of Topliss-reactive ketones (excluding diaryl/α,β-unsaturated/α-hetero) is 1. The SMILES string of the molecule is Cc1nc(C)c(-c2csc(CC(=O)C(C)(C)Oc3ccc(Cl)cc3)n2)s1. The molecule has 0 unspecified atom stereocenters. The number of rotatable bonds is 6. The third-order valence-corrected chi connectivity index (χ3v) is 6.05. The van der Waals surface area contributed by atoms with E-state index in [9.17, 15) is 4.79 Å². The van der Waals surface area contributed by atoms with E-state index in [1.807, 2.05) is 19.2 Å². The summed E-state index contributed by atoms with van der Waals surface area (Å²) in [5.41, 5.74) is 0.913. The van der Waals surface area contributed by atoms with Crippen LogP contribution in [-0.4, -0.2) is 21.4 Å². The molecule has 0 saturated carbocycles. The van der Waals surface area contributed by atoms with Crippen molar-refractivity contribution < 1.29 is 9.53 Å². The molecule has 2 heterocycles. The molecule has 0 radical (unpaired) electrons. The predicted octanol–water partition coefficient (Wildman–Crippen LogP) is 5.51. The van der Waals surface area contributed by atoms with Gasteiger partial charge in [-0.15, -0.1) is 22.7 Å². The van der Waals surface area contributed by atoms with Gasteiger partial charge in [0.05, 0.1) is 27.7 Å². The number of carbonyl (C=O) groups excluding carboxylic acids is 1. The number of aromatic nitrogens is 2. The minimum absolute atomic E-state index is 0.0226. The van der Waals surface area contributed by atoms with Crippen molar-refractivity contribution in [1.29, 1.82) is 0 Å². The van der Waals surface area contributed by atoms with E-state index in [-0.39, 0.29) is 12.2 Å². The van der Waals surface area contributed by atoms with Gasteiger partial charge in [0.15, 0.2) is 11.4 Å². The highest BCUT2D eigenvalue weighted by Gasteiger charge is 2.30. The number of hydrogen-bond donors (Lipinski definition) is 0. The first-order valence-corrected chi connectivity index (χ1v) is 10.2. The van der Waals surface area contributed by atoms with E-state index < -0.39 is 5.60 Å². The van der Waals surface area contributed by atoms with Gasteiger partial charge in [0.2, 0.25) is 0 Å². The van der Waals surface area contributed by atoms with Gasteiger partial charge in [0.1, 0.15) is 10.8 Å². The van der Waals surface area contributed by atoms with Crippen molar-refractivity contribution in [3.05, 3.63) is 50.4 Å². The normalized spacial score (nSPS) is 11.6. The van der Waals surface area contributed by atoms with Crippen LogP contribution in [0.4, 0.5) is 0 Å². The van der Waals surface area contributed by atoms with Gasteiger partial charge in [0, 0.05) is 10.4 Å². The Morgan fingerprint density at radius 3 is 2.50 bits per heavy atom. The Kier molecular flexibility index (Phi) is 5.46. The van der Waals surface area contributed by atoms with Crippen LogP contribution < -0.4 is 4.74 Å². The van der Waals surface area contributed by atoms with Crippen molar-refractivity contribution >= 4 is 40.1 Å². The zero-order valence-electron chi connectivity index (χ0n) is 15.0. The number of thiazole rings is 2. The summed E-state index contributed by atoms with van der Waals surface area (Å²) in [6, 6.07) is 7.00. The number of halogens is 1. The van der Waals surface area contributed by atoms with Crippen LogP contribution in [0.25, 0.3) is 10.6 Å². The van der Waals surface area contributed by atoms with Crippen LogP contribution in [0.1, 0.15) is 29.6 Å². The van der Waals surface area contributed by atoms with E-state index in [1.165, 1.54) is 11.3 Å². The average Bonchev–Trinajstić information content (AvgIpc) is 3.15. The van der Waals surface area contributed by atoms with E-state index >= 15 is 0 Å². The largest absolute Gasteiger partial charge is 0.480 e. The molecular formula is C19H19ClN2O2S2. The summed E-state index contributed by atoms with van der Waals surface area (Å²) in [5, 5.41) is 4.41. The van der Waals surface area contributed by atoms with E-state index in [1.54, 1.807) is 49.4 Å². The van der Waals surface area contributed by atoms with Gasteiger partial charge in [-0.1, -0.05) is 11.6 Å². The topological polar surface area (TPSA) is 52.1 Å². The van der Waals surface area contributed by atoms with Crippen molar-refractivity contribution in [2.75, 3.05) is 0 Å². The molecule has 0 aliphatic carbocycles. The molecule has 3 aromatic rings. The molecule has 2 aromatic heterocycles. The zero-order chi connectivity index (χ0) is 18.9. The Balaban J connectivity index is 1.71. The van der Waals surface area contributed by atoms with Gasteiger partial charge < -0.3 is 4.74 Å². The quantitative estimate of drug-likeness (QED) is 0.541. The molecule has 4 nitrogen and oxygen atoms in total. The summed E-state index contributed by atoms with van der Waals surface area (Å²) in [7, 11) is 0. The van der Waals surface area contributed by atoms with E-state index in [0.29, 0.717) is 10.8 Å². The first kappa shape index (κ1) is 19.0. The lowest BCUT2D eigenvalue weighted by atomic mass is 10.0. The number of benzene rings is 1. The Labute approximate surface area is 165 Å². The van der Waals surface area contributed by atoms with E-state index in [4.69, 9.17) is 16.3 Å². The second-order valence-corrected chi connectivity index (χ2v) is 9.02. The lowest BCUT2D eigenvalue weighted by Crippen LogP contribution is -2.39. The van der Waals surface area contributed by atoms with Gasteiger partial charge >= 0.3 is 0 Å². The number of carbonyl (C=O) groups is 1. The number of nitrogens with zero attached hydrogens (tertiary/aromatic N) is 2. The van der Waals surface area contributed by atoms with Gasteiger partial charge in [-0.05, 0) is 52.0 Å². The number of ketones is 1. The minimum atomic E-state index is -0.948. The number of aryl methyl sites for hydroxylation is 2. The van der Waals surface area contributed by atoms with E-state index in [2.05, 4.69) is 9.97 Å². The summed E-state index contributed by atoms with van der Waals surface area (Å²) >= 11 is 8.99. The van der Waals surface area contributed by atoms with Crippen LogP contribution in [0.3, 0.4) is 0 Å². The predicted molar refractivity (Wildman–Crippen MR) is 108 cm³/mol. The van der Waals surface area contributed by atoms with Crippen LogP contribution in [0.2, 0.25) is 5.02 Å². The molecular weight excluding hydrogens is 388 g/mol. The monoisotopic (exact) mass is 406 g/mol. The van der Waals surface area contributed by atoms with Gasteiger partial charge in [-0.3, -0.25) is 4.79 Å². The van der Waals surface area contributed by atoms with Gasteiger partial charge in [-0.25, -0.2) is 9.97 Å². The molecule has 0 atom stereocenters. The van der Waals surface area contributed by atoms with Crippen LogP contribution in [-0.2, 0) is 11.2 Å². The molecule has 1 aromatic carbocycles. The first-order valence-electron chi connectivity index (χ1n) is 8.11. The van der Waals surface area contributed by atoms with E-state index in [0.717, 1.165) is 26.3 Å². The second kappa shape index (κ2) is 7.47. The van der Waals surface area contributed by atoms with Crippen LogP contribution in [0.15, 0.2) is 29.6 Å². The second-order valence-electron chi connectivity index (χ2n) is 6.44. The third-order valence-electron chi connectivity index (χ3n) is 3.86. The van der Waals surface area contributed by atoms with Crippen molar-refractivity contribution in [3.63, 3.8) is 0 Å². The third kappa shape index (κ3) is 4.31. The molecule has 0 amide bonds. The lowest BCUT2D eigenvalue weighted by Gasteiger charge is -2.24. The maximum atomic E-state index is 12.7. The highest BCUT2D eigenvalue weighted by atomic mass is 35.5. The fourth-order valence-electron chi connectivity index (χ4n) is 2.47. The fraction of sp³-hybridized carbons (Fsp3) is 0.316. The molecule has 136 valence electrons. The average molecular weight is 407 g/mol. The Bertz CT molecular complexity index is 929. The number of hydrogen-bond acceptors (Lipinski definition) is 6. The molecule has 0 fully saturated rings. The fourth-order valence-corrected chi connectivity index (χ4v) is 4.33. The molecule has 0 bridgehead atoms. The summed E-state index contributed by atoms with van der Waals surface area (Å²) in [6.07, 6.45) is 0.238. The molecule has 0 saturated heterocycles. The molecule has 0 aliphatic rings. The maximum absolute atomic E-state index is 12.7. The Morgan fingerprint density at radius 2 is 1.88 bits per heavy atom. The van der Waals surface area contributed by atoms with Crippen molar-refractivity contribution in [1.82, 2.24) is 9.97 Å². The smallest absolute Gasteiger partial charge is 0.182 e. The molecule has 3 rings (SSSR count). The zero-order valence-corrected chi connectivity index (χ0v) is 17.4. The molecule has 0 spiro atoms. The highest BCUT2D eigenvalue weighted by Crippen LogP contribution is 2.31. The summed E-state index contributed by atoms with van der Waals surface area (Å²) in [4.78, 5) is 22.9. The number of ether oxygens (including phenoxy) is 1. The van der Waals surface area contributed by atoms with Crippen LogP contribution >= 0.6 is 34.3 Å².